The molecular weight excluding hydrogens is 456 g/mol. The fourth-order valence-corrected chi connectivity index (χ4v) is 8.08. The molecule has 4 aliphatic rings. The maximum absolute atomic E-state index is 13.9. The Morgan fingerprint density at radius 2 is 1.53 bits per heavy atom. The summed E-state index contributed by atoms with van der Waals surface area (Å²) in [5.74, 6) is 1.74. The van der Waals surface area contributed by atoms with Crippen molar-refractivity contribution in [1.29, 1.82) is 0 Å². The zero-order valence-corrected chi connectivity index (χ0v) is 20.4. The van der Waals surface area contributed by atoms with Crippen LogP contribution in [0.25, 0.3) is 16.9 Å². The molecule has 1 aromatic carbocycles. The lowest BCUT2D eigenvalue weighted by Gasteiger charge is -2.49. The molecule has 2 aromatic heterocycles. The number of hydrogen-bond donors (Lipinski definition) is 1. The van der Waals surface area contributed by atoms with E-state index in [0.717, 1.165) is 41.1 Å². The van der Waals surface area contributed by atoms with Crippen LogP contribution in [0.1, 0.15) is 70.3 Å². The first-order valence-corrected chi connectivity index (χ1v) is 13.5. The van der Waals surface area contributed by atoms with Crippen molar-refractivity contribution in [2.45, 2.75) is 88.4 Å². The summed E-state index contributed by atoms with van der Waals surface area (Å²) in [6, 6.07) is 9.32. The summed E-state index contributed by atoms with van der Waals surface area (Å²) in [7, 11) is 0. The zero-order valence-electron chi connectivity index (χ0n) is 20.4. The van der Waals surface area contributed by atoms with Crippen LogP contribution in [-0.2, 0) is 0 Å². The van der Waals surface area contributed by atoms with Crippen molar-refractivity contribution in [3.63, 3.8) is 0 Å². The molecule has 9 heteroatoms. The Balaban J connectivity index is 1.27. The maximum atomic E-state index is 13.9. The molecule has 2 aliphatic carbocycles. The topological polar surface area (TPSA) is 106 Å². The second-order valence-electron chi connectivity index (χ2n) is 11.4. The third-order valence-electron chi connectivity index (χ3n) is 9.35. The van der Waals surface area contributed by atoms with Gasteiger partial charge in [0.15, 0.2) is 0 Å². The lowest BCUT2D eigenvalue weighted by Crippen LogP contribution is -2.52. The Labute approximate surface area is 208 Å². The normalized spacial score (nSPS) is 32.1. The van der Waals surface area contributed by atoms with Crippen LogP contribution in [0.15, 0.2) is 44.8 Å². The quantitative estimate of drug-likeness (QED) is 0.608. The molecule has 4 heterocycles. The first-order chi connectivity index (χ1) is 17.5. The molecule has 2 saturated heterocycles. The van der Waals surface area contributed by atoms with Gasteiger partial charge in [-0.25, -0.2) is 9.78 Å². The number of H-pyrrole nitrogens is 1. The van der Waals surface area contributed by atoms with Crippen molar-refractivity contribution in [3.05, 3.63) is 61.7 Å². The first-order valence-electron chi connectivity index (χ1n) is 13.5. The average Bonchev–Trinajstić information content (AvgIpc) is 3.13. The van der Waals surface area contributed by atoms with Crippen LogP contribution in [-0.4, -0.2) is 47.3 Å². The van der Waals surface area contributed by atoms with Gasteiger partial charge in [0.1, 0.15) is 6.20 Å². The predicted molar refractivity (Wildman–Crippen MR) is 135 cm³/mol. The van der Waals surface area contributed by atoms with Gasteiger partial charge < -0.3 is 4.57 Å². The first kappa shape index (κ1) is 22.2. The Morgan fingerprint density at radius 1 is 0.806 bits per heavy atom. The summed E-state index contributed by atoms with van der Waals surface area (Å²) < 4.78 is 2.77. The maximum Gasteiger partial charge on any atom is 0.351 e. The predicted octanol–water partition coefficient (Wildman–Crippen LogP) is 2.77. The number of hydrogen-bond acceptors (Lipinski definition) is 6. The molecule has 3 aromatic rings. The van der Waals surface area contributed by atoms with Gasteiger partial charge in [-0.2, -0.15) is 9.78 Å². The van der Waals surface area contributed by atoms with Gasteiger partial charge in [0, 0.05) is 24.2 Å². The lowest BCUT2D eigenvalue weighted by molar-refractivity contribution is 0.00789. The molecule has 9 nitrogen and oxygen atoms in total. The number of nitrogens with zero attached hydrogens (tertiary/aromatic N) is 5. The molecule has 7 rings (SSSR count). The SMILES string of the molecule is O=c1cnn(-c2nc3ccccc3n(C3CC4CCC(C3)N4C3CC4CCCC(C4)C3)c2=O)c(=O)[nH]1. The highest BCUT2D eigenvalue weighted by Crippen LogP contribution is 2.48. The number of aromatic amines is 1. The van der Waals surface area contributed by atoms with E-state index in [4.69, 9.17) is 0 Å². The highest BCUT2D eigenvalue weighted by Gasteiger charge is 2.47. The van der Waals surface area contributed by atoms with Crippen LogP contribution >= 0.6 is 0 Å². The van der Waals surface area contributed by atoms with Crippen molar-refractivity contribution in [3.8, 4) is 5.82 Å². The van der Waals surface area contributed by atoms with Crippen molar-refractivity contribution in [2.24, 2.45) is 11.8 Å². The Morgan fingerprint density at radius 3 is 2.25 bits per heavy atom. The number of para-hydroxylation sites is 2. The largest absolute Gasteiger partial charge is 0.351 e. The molecule has 1 N–H and O–H groups in total. The van der Waals surface area contributed by atoms with Crippen molar-refractivity contribution in [2.75, 3.05) is 0 Å². The van der Waals surface area contributed by atoms with Crippen LogP contribution in [0.5, 0.6) is 0 Å². The molecule has 4 unspecified atom stereocenters. The minimum absolute atomic E-state index is 0.0412. The molecule has 0 spiro atoms. The van der Waals surface area contributed by atoms with E-state index in [-0.39, 0.29) is 17.4 Å². The van der Waals surface area contributed by atoms with E-state index in [0.29, 0.717) is 23.6 Å². The average molecular weight is 489 g/mol. The van der Waals surface area contributed by atoms with Gasteiger partial charge >= 0.3 is 5.69 Å². The Kier molecular flexibility index (Phi) is 5.23. The van der Waals surface area contributed by atoms with Crippen molar-refractivity contribution in [1.82, 2.24) is 29.2 Å². The minimum Gasteiger partial charge on any atom is -0.300 e. The number of rotatable bonds is 3. The molecule has 188 valence electrons. The second kappa shape index (κ2) is 8.50. The molecule has 4 fully saturated rings. The van der Waals surface area contributed by atoms with Crippen LogP contribution in [0, 0.1) is 11.8 Å². The number of aromatic nitrogens is 5. The van der Waals surface area contributed by atoms with Gasteiger partial charge in [-0.3, -0.25) is 19.5 Å². The van der Waals surface area contributed by atoms with Gasteiger partial charge in [-0.15, -0.1) is 0 Å². The van der Waals surface area contributed by atoms with Gasteiger partial charge in [0.05, 0.1) is 11.0 Å². The standard InChI is InChI=1S/C27H32N6O3/c34-24-15-28-33(27(36)30-24)25-26(35)32(23-7-2-1-6-22(23)29-25)21-13-18-8-9-19(14-21)31(18)20-11-16-4-3-5-17(10-16)12-20/h1-2,6-7,15-21H,3-5,8-14H2,(H,30,34,36). The van der Waals surface area contributed by atoms with Crippen LogP contribution in [0.2, 0.25) is 0 Å². The van der Waals surface area contributed by atoms with Gasteiger partial charge in [0.25, 0.3) is 11.1 Å². The highest BCUT2D eigenvalue weighted by atomic mass is 16.2. The van der Waals surface area contributed by atoms with E-state index in [9.17, 15) is 14.4 Å². The monoisotopic (exact) mass is 488 g/mol. The summed E-state index contributed by atoms with van der Waals surface area (Å²) in [5, 5.41) is 3.92. The van der Waals surface area contributed by atoms with E-state index >= 15 is 0 Å². The van der Waals surface area contributed by atoms with Gasteiger partial charge in [-0.05, 0) is 68.9 Å². The summed E-state index contributed by atoms with van der Waals surface area (Å²) in [5.41, 5.74) is -0.268. The summed E-state index contributed by atoms with van der Waals surface area (Å²) in [4.78, 5) is 47.4. The molecule has 0 radical (unpaired) electrons. The van der Waals surface area contributed by atoms with Crippen LogP contribution in [0.4, 0.5) is 0 Å². The Hall–Kier alpha value is -3.07. The second-order valence-corrected chi connectivity index (χ2v) is 11.4. The van der Waals surface area contributed by atoms with Gasteiger partial charge in [-0.1, -0.05) is 31.4 Å². The van der Waals surface area contributed by atoms with Gasteiger partial charge in [0.2, 0.25) is 5.82 Å². The molecule has 4 bridgehead atoms. The number of benzene rings is 1. The molecule has 4 atom stereocenters. The third-order valence-corrected chi connectivity index (χ3v) is 9.35. The lowest BCUT2D eigenvalue weighted by atomic mass is 9.69. The summed E-state index contributed by atoms with van der Waals surface area (Å²) >= 11 is 0. The van der Waals surface area contributed by atoms with Crippen molar-refractivity contribution < 1.29 is 0 Å². The minimum atomic E-state index is -0.758. The zero-order chi connectivity index (χ0) is 24.4. The van der Waals surface area contributed by atoms with Crippen LogP contribution in [0.3, 0.4) is 0 Å². The number of fused-ring (bicyclic) bond motifs is 5. The smallest absolute Gasteiger partial charge is 0.300 e. The van der Waals surface area contributed by atoms with Crippen LogP contribution < -0.4 is 16.8 Å². The van der Waals surface area contributed by atoms with E-state index in [2.05, 4.69) is 20.0 Å². The summed E-state index contributed by atoms with van der Waals surface area (Å²) in [6.45, 7) is 0. The Bertz CT molecular complexity index is 1470. The third kappa shape index (κ3) is 3.58. The van der Waals surface area contributed by atoms with E-state index in [1.54, 1.807) is 0 Å². The molecule has 36 heavy (non-hydrogen) atoms. The fraction of sp³-hybridized carbons (Fsp3) is 0.593. The highest BCUT2D eigenvalue weighted by molar-refractivity contribution is 5.75. The van der Waals surface area contributed by atoms with E-state index in [1.165, 1.54) is 51.4 Å². The molecule has 2 saturated carbocycles. The number of piperidine rings is 1. The molecule has 0 amide bonds. The van der Waals surface area contributed by atoms with Crippen molar-refractivity contribution >= 4 is 11.0 Å². The molecular formula is C27H32N6O3. The number of nitrogens with one attached hydrogen (secondary N) is 1. The fourth-order valence-electron chi connectivity index (χ4n) is 8.08. The summed E-state index contributed by atoms with van der Waals surface area (Å²) in [6.07, 6.45) is 13.6. The molecule has 2 aliphatic heterocycles. The van der Waals surface area contributed by atoms with E-state index < -0.39 is 11.2 Å². The van der Waals surface area contributed by atoms with E-state index in [1.807, 2.05) is 28.8 Å².